The van der Waals surface area contributed by atoms with E-state index in [4.69, 9.17) is 5.11 Å². The van der Waals surface area contributed by atoms with Crippen molar-refractivity contribution in [2.45, 2.75) is 6.42 Å². The van der Waals surface area contributed by atoms with E-state index in [1.165, 1.54) is 25.3 Å². The molecule has 10 heavy (non-hydrogen) atoms. The molecule has 0 aromatic heterocycles. The lowest BCUT2D eigenvalue weighted by atomic mass is 10.2. The lowest BCUT2D eigenvalue weighted by Gasteiger charge is -2.05. The van der Waals surface area contributed by atoms with Crippen molar-refractivity contribution in [3.63, 3.8) is 0 Å². The molecule has 1 fully saturated rings. The number of hydrogen-bond acceptors (Lipinski definition) is 3. The van der Waals surface area contributed by atoms with Crippen molar-refractivity contribution in [3.8, 4) is 0 Å². The van der Waals surface area contributed by atoms with E-state index in [-0.39, 0.29) is 0 Å². The van der Waals surface area contributed by atoms with Crippen molar-refractivity contribution in [1.29, 1.82) is 0 Å². The highest BCUT2D eigenvalue weighted by molar-refractivity contribution is 7.99. The second kappa shape index (κ2) is 4.99. The molecule has 0 amide bonds. The van der Waals surface area contributed by atoms with Gasteiger partial charge in [-0.15, -0.1) is 0 Å². The van der Waals surface area contributed by atoms with E-state index in [1.807, 2.05) is 11.8 Å². The van der Waals surface area contributed by atoms with Crippen molar-refractivity contribution < 1.29 is 5.11 Å². The highest BCUT2D eigenvalue weighted by Crippen LogP contribution is 2.14. The summed E-state index contributed by atoms with van der Waals surface area (Å²) in [6, 6.07) is 0. The Labute approximate surface area is 66.4 Å². The van der Waals surface area contributed by atoms with Crippen LogP contribution in [0.4, 0.5) is 0 Å². The fraction of sp³-hybridized carbons (Fsp3) is 1.00. The number of aliphatic hydroxyl groups excluding tert-OH is 1. The number of aliphatic hydroxyl groups is 1. The Kier molecular flexibility index (Phi) is 4.18. The minimum atomic E-state index is 0.324. The first-order valence-electron chi connectivity index (χ1n) is 3.83. The van der Waals surface area contributed by atoms with Gasteiger partial charge in [0, 0.05) is 5.75 Å². The van der Waals surface area contributed by atoms with Crippen LogP contribution in [-0.4, -0.2) is 36.3 Å². The largest absolute Gasteiger partial charge is 0.396 e. The molecule has 2 N–H and O–H groups in total. The van der Waals surface area contributed by atoms with Gasteiger partial charge in [-0.25, -0.2) is 0 Å². The van der Waals surface area contributed by atoms with Crippen LogP contribution in [-0.2, 0) is 0 Å². The maximum absolute atomic E-state index is 8.50. The molecular formula is C7H15NOS. The highest BCUT2D eigenvalue weighted by Gasteiger charge is 2.13. The van der Waals surface area contributed by atoms with Gasteiger partial charge in [-0.2, -0.15) is 11.8 Å². The second-order valence-corrected chi connectivity index (χ2v) is 3.81. The van der Waals surface area contributed by atoms with E-state index in [0.29, 0.717) is 6.61 Å². The van der Waals surface area contributed by atoms with Crippen LogP contribution in [0.1, 0.15) is 6.42 Å². The van der Waals surface area contributed by atoms with E-state index < -0.39 is 0 Å². The van der Waals surface area contributed by atoms with Crippen LogP contribution in [0.15, 0.2) is 0 Å². The van der Waals surface area contributed by atoms with Crippen molar-refractivity contribution in [2.24, 2.45) is 5.92 Å². The quantitative estimate of drug-likeness (QED) is 0.582. The van der Waals surface area contributed by atoms with Crippen molar-refractivity contribution in [3.05, 3.63) is 0 Å². The summed E-state index contributed by atoms with van der Waals surface area (Å²) in [4.78, 5) is 0. The van der Waals surface area contributed by atoms with Crippen molar-refractivity contribution >= 4 is 11.8 Å². The molecule has 60 valence electrons. The third kappa shape index (κ3) is 2.90. The molecule has 1 aliphatic heterocycles. The highest BCUT2D eigenvalue weighted by atomic mass is 32.2. The molecule has 1 atom stereocenters. The molecule has 3 heteroatoms. The molecule has 0 aliphatic carbocycles. The minimum absolute atomic E-state index is 0.324. The molecule has 0 bridgehead atoms. The SMILES string of the molecule is OCCSCC1CCNC1. The average Bonchev–Trinajstić information content (AvgIpc) is 2.41. The number of thioether (sulfide) groups is 1. The van der Waals surface area contributed by atoms with Crippen molar-refractivity contribution in [1.82, 2.24) is 5.32 Å². The fourth-order valence-electron chi connectivity index (χ4n) is 1.17. The third-order valence-corrected chi connectivity index (χ3v) is 2.93. The van der Waals surface area contributed by atoms with Gasteiger partial charge in [0.2, 0.25) is 0 Å². The summed E-state index contributed by atoms with van der Waals surface area (Å²) in [6.45, 7) is 2.69. The standard InChI is InChI=1S/C7H15NOS/c9-3-4-10-6-7-1-2-8-5-7/h7-9H,1-6H2. The zero-order chi connectivity index (χ0) is 7.23. The molecule has 0 radical (unpaired) electrons. The molecule has 0 aromatic rings. The summed E-state index contributed by atoms with van der Waals surface area (Å²) in [7, 11) is 0. The first-order chi connectivity index (χ1) is 4.93. The van der Waals surface area contributed by atoms with E-state index in [2.05, 4.69) is 5.32 Å². The smallest absolute Gasteiger partial charge is 0.0521 e. The number of nitrogens with one attached hydrogen (secondary N) is 1. The lowest BCUT2D eigenvalue weighted by Crippen LogP contribution is -2.10. The molecule has 0 saturated carbocycles. The Morgan fingerprint density at radius 1 is 1.60 bits per heavy atom. The van der Waals surface area contributed by atoms with E-state index in [1.54, 1.807) is 0 Å². The van der Waals surface area contributed by atoms with Crippen LogP contribution in [0.2, 0.25) is 0 Å². The zero-order valence-electron chi connectivity index (χ0n) is 6.18. The molecular weight excluding hydrogens is 146 g/mol. The molecule has 1 heterocycles. The van der Waals surface area contributed by atoms with E-state index in [0.717, 1.165) is 11.7 Å². The minimum Gasteiger partial charge on any atom is -0.396 e. The molecule has 0 spiro atoms. The number of hydrogen-bond donors (Lipinski definition) is 2. The van der Waals surface area contributed by atoms with E-state index >= 15 is 0 Å². The van der Waals surface area contributed by atoms with Gasteiger partial charge in [0.15, 0.2) is 0 Å². The fourth-order valence-corrected chi connectivity index (χ4v) is 2.08. The molecule has 1 saturated heterocycles. The van der Waals surface area contributed by atoms with Gasteiger partial charge in [0.1, 0.15) is 0 Å². The summed E-state index contributed by atoms with van der Waals surface area (Å²) in [6.07, 6.45) is 1.32. The Balaban J connectivity index is 1.91. The molecule has 0 aromatic carbocycles. The topological polar surface area (TPSA) is 32.3 Å². The maximum atomic E-state index is 8.50. The van der Waals surface area contributed by atoms with Crippen LogP contribution in [0, 0.1) is 5.92 Å². The lowest BCUT2D eigenvalue weighted by molar-refractivity contribution is 0.322. The Hall–Kier alpha value is 0.270. The van der Waals surface area contributed by atoms with Crippen LogP contribution in [0.3, 0.4) is 0 Å². The molecule has 1 rings (SSSR count). The van der Waals surface area contributed by atoms with Gasteiger partial charge in [-0.1, -0.05) is 0 Å². The summed E-state index contributed by atoms with van der Waals surface area (Å²) in [5.41, 5.74) is 0. The van der Waals surface area contributed by atoms with Gasteiger partial charge in [0.25, 0.3) is 0 Å². The van der Waals surface area contributed by atoms with Gasteiger partial charge in [-0.3, -0.25) is 0 Å². The van der Waals surface area contributed by atoms with Crippen LogP contribution in [0.5, 0.6) is 0 Å². The Morgan fingerprint density at radius 2 is 2.50 bits per heavy atom. The van der Waals surface area contributed by atoms with Crippen LogP contribution >= 0.6 is 11.8 Å². The van der Waals surface area contributed by atoms with Crippen LogP contribution in [0.25, 0.3) is 0 Å². The maximum Gasteiger partial charge on any atom is 0.0521 e. The Bertz CT molecular complexity index is 83.7. The van der Waals surface area contributed by atoms with Gasteiger partial charge in [0.05, 0.1) is 6.61 Å². The summed E-state index contributed by atoms with van der Waals surface area (Å²) >= 11 is 1.86. The van der Waals surface area contributed by atoms with Crippen LogP contribution < -0.4 is 5.32 Å². The first-order valence-corrected chi connectivity index (χ1v) is 4.98. The predicted octanol–water partition coefficient (Wildman–Crippen LogP) is 0.321. The number of rotatable bonds is 4. The van der Waals surface area contributed by atoms with Crippen molar-refractivity contribution in [2.75, 3.05) is 31.2 Å². The first kappa shape index (κ1) is 8.37. The van der Waals surface area contributed by atoms with Gasteiger partial charge >= 0.3 is 0 Å². The monoisotopic (exact) mass is 161 g/mol. The second-order valence-electron chi connectivity index (χ2n) is 2.66. The zero-order valence-corrected chi connectivity index (χ0v) is 6.99. The van der Waals surface area contributed by atoms with E-state index in [9.17, 15) is 0 Å². The van der Waals surface area contributed by atoms with Gasteiger partial charge < -0.3 is 10.4 Å². The Morgan fingerprint density at radius 3 is 3.10 bits per heavy atom. The predicted molar refractivity (Wildman–Crippen MR) is 45.4 cm³/mol. The summed E-state index contributed by atoms with van der Waals surface area (Å²) < 4.78 is 0. The summed E-state index contributed by atoms with van der Waals surface area (Å²) in [5, 5.41) is 11.8. The van der Waals surface area contributed by atoms with Gasteiger partial charge in [-0.05, 0) is 31.2 Å². The molecule has 2 nitrogen and oxygen atoms in total. The molecule has 1 unspecified atom stereocenters. The normalized spacial score (nSPS) is 25.5. The molecule has 1 aliphatic rings. The average molecular weight is 161 g/mol. The third-order valence-electron chi connectivity index (χ3n) is 1.75. The summed E-state index contributed by atoms with van der Waals surface area (Å²) in [5.74, 6) is 2.97.